The summed E-state index contributed by atoms with van der Waals surface area (Å²) < 4.78 is 20.0. The fourth-order valence-corrected chi connectivity index (χ4v) is 2.85. The number of rotatable bonds is 2. The number of nitrogens with one attached hydrogen (secondary N) is 1. The van der Waals surface area contributed by atoms with Crippen LogP contribution in [-0.2, 0) is 0 Å². The quantitative estimate of drug-likeness (QED) is 0.903. The lowest BCUT2D eigenvalue weighted by Gasteiger charge is -2.18. The Balaban J connectivity index is 2.54. The molecule has 1 N–H and O–H groups in total. The second-order valence-electron chi connectivity index (χ2n) is 4.13. The van der Waals surface area contributed by atoms with E-state index < -0.39 is 0 Å². The van der Waals surface area contributed by atoms with Gasteiger partial charge in [0.2, 0.25) is 0 Å². The fourth-order valence-electron chi connectivity index (χ4n) is 2.30. The van der Waals surface area contributed by atoms with Gasteiger partial charge in [0.25, 0.3) is 0 Å². The Hall–Kier alpha value is -0.610. The molecule has 88 valence electrons. The van der Waals surface area contributed by atoms with Crippen molar-refractivity contribution in [3.63, 3.8) is 0 Å². The van der Waals surface area contributed by atoms with Gasteiger partial charge in [0.1, 0.15) is 11.6 Å². The van der Waals surface area contributed by atoms with Gasteiger partial charge in [-0.2, -0.15) is 0 Å². The topological polar surface area (TPSA) is 21.3 Å². The SMILES string of the molecule is COc1c(C)cc(Br)c(F)c1C1CCNC1. The van der Waals surface area contributed by atoms with Gasteiger partial charge in [-0.3, -0.25) is 0 Å². The summed E-state index contributed by atoms with van der Waals surface area (Å²) in [5, 5.41) is 3.25. The molecule has 1 aromatic carbocycles. The zero-order valence-electron chi connectivity index (χ0n) is 9.44. The van der Waals surface area contributed by atoms with Crippen molar-refractivity contribution < 1.29 is 9.13 Å². The average molecular weight is 288 g/mol. The van der Waals surface area contributed by atoms with E-state index in [-0.39, 0.29) is 11.7 Å². The highest BCUT2D eigenvalue weighted by Crippen LogP contribution is 2.38. The van der Waals surface area contributed by atoms with E-state index in [1.165, 1.54) is 0 Å². The molecule has 1 unspecified atom stereocenters. The Labute approximate surface area is 103 Å². The zero-order chi connectivity index (χ0) is 11.7. The van der Waals surface area contributed by atoms with Crippen molar-refractivity contribution in [2.75, 3.05) is 20.2 Å². The lowest BCUT2D eigenvalue weighted by atomic mass is 9.95. The normalized spacial score (nSPS) is 20.1. The van der Waals surface area contributed by atoms with Crippen molar-refractivity contribution in [1.82, 2.24) is 5.32 Å². The Kier molecular flexibility index (Phi) is 3.50. The van der Waals surface area contributed by atoms with Crippen molar-refractivity contribution in [2.45, 2.75) is 19.3 Å². The van der Waals surface area contributed by atoms with Crippen LogP contribution in [0.5, 0.6) is 5.75 Å². The van der Waals surface area contributed by atoms with E-state index in [2.05, 4.69) is 21.2 Å². The maximum Gasteiger partial charge on any atom is 0.144 e. The largest absolute Gasteiger partial charge is 0.496 e. The number of benzene rings is 1. The van der Waals surface area contributed by atoms with Crippen LogP contribution in [0.25, 0.3) is 0 Å². The van der Waals surface area contributed by atoms with Gasteiger partial charge in [0.05, 0.1) is 11.6 Å². The van der Waals surface area contributed by atoms with E-state index in [0.717, 1.165) is 25.1 Å². The monoisotopic (exact) mass is 287 g/mol. The lowest BCUT2D eigenvalue weighted by Crippen LogP contribution is -2.11. The molecule has 0 aliphatic carbocycles. The average Bonchev–Trinajstić information content (AvgIpc) is 2.76. The van der Waals surface area contributed by atoms with Crippen LogP contribution >= 0.6 is 15.9 Å². The molecule has 2 rings (SSSR count). The van der Waals surface area contributed by atoms with Crippen LogP contribution < -0.4 is 10.1 Å². The maximum atomic E-state index is 14.1. The van der Waals surface area contributed by atoms with Gasteiger partial charge in [-0.15, -0.1) is 0 Å². The predicted octanol–water partition coefficient (Wildman–Crippen LogP) is 2.98. The molecule has 1 heterocycles. The van der Waals surface area contributed by atoms with Crippen molar-refractivity contribution in [1.29, 1.82) is 0 Å². The highest BCUT2D eigenvalue weighted by Gasteiger charge is 2.26. The Morgan fingerprint density at radius 1 is 1.56 bits per heavy atom. The van der Waals surface area contributed by atoms with Gasteiger partial charge in [0.15, 0.2) is 0 Å². The highest BCUT2D eigenvalue weighted by atomic mass is 79.9. The van der Waals surface area contributed by atoms with E-state index in [4.69, 9.17) is 4.74 Å². The Morgan fingerprint density at radius 2 is 2.31 bits per heavy atom. The first-order chi connectivity index (χ1) is 7.65. The van der Waals surface area contributed by atoms with Crippen molar-refractivity contribution in [3.8, 4) is 5.75 Å². The second-order valence-corrected chi connectivity index (χ2v) is 4.98. The molecule has 0 amide bonds. The molecule has 0 spiro atoms. The molecule has 2 nitrogen and oxygen atoms in total. The molecule has 0 aromatic heterocycles. The van der Waals surface area contributed by atoms with Crippen LogP contribution in [0.2, 0.25) is 0 Å². The molecule has 0 radical (unpaired) electrons. The fraction of sp³-hybridized carbons (Fsp3) is 0.500. The molecule has 1 aliphatic rings. The van der Waals surface area contributed by atoms with E-state index in [1.54, 1.807) is 13.2 Å². The Bertz CT molecular complexity index is 402. The van der Waals surface area contributed by atoms with Crippen LogP contribution in [0.15, 0.2) is 10.5 Å². The predicted molar refractivity (Wildman–Crippen MR) is 65.6 cm³/mol. The number of halogens is 2. The molecule has 1 aromatic rings. The van der Waals surface area contributed by atoms with Crippen LogP contribution in [0.3, 0.4) is 0 Å². The van der Waals surface area contributed by atoms with Gasteiger partial charge in [0, 0.05) is 18.0 Å². The van der Waals surface area contributed by atoms with Crippen molar-refractivity contribution in [3.05, 3.63) is 27.5 Å². The number of hydrogen-bond acceptors (Lipinski definition) is 2. The summed E-state index contributed by atoms with van der Waals surface area (Å²) in [5.74, 6) is 0.719. The van der Waals surface area contributed by atoms with Crippen LogP contribution in [0.1, 0.15) is 23.5 Å². The molecular formula is C12H15BrFNO. The molecule has 0 saturated carbocycles. The molecular weight excluding hydrogens is 273 g/mol. The minimum Gasteiger partial charge on any atom is -0.496 e. The zero-order valence-corrected chi connectivity index (χ0v) is 11.0. The minimum atomic E-state index is -0.184. The van der Waals surface area contributed by atoms with Gasteiger partial charge in [-0.05, 0) is 47.4 Å². The van der Waals surface area contributed by atoms with E-state index >= 15 is 0 Å². The minimum absolute atomic E-state index is 0.184. The van der Waals surface area contributed by atoms with Crippen molar-refractivity contribution in [2.24, 2.45) is 0 Å². The van der Waals surface area contributed by atoms with Gasteiger partial charge < -0.3 is 10.1 Å². The third-order valence-electron chi connectivity index (χ3n) is 3.06. The molecule has 0 bridgehead atoms. The number of aryl methyl sites for hydroxylation is 1. The summed E-state index contributed by atoms with van der Waals surface area (Å²) >= 11 is 3.26. The lowest BCUT2D eigenvalue weighted by molar-refractivity contribution is 0.396. The summed E-state index contributed by atoms with van der Waals surface area (Å²) in [4.78, 5) is 0. The summed E-state index contributed by atoms with van der Waals surface area (Å²) in [6.07, 6.45) is 0.961. The Morgan fingerprint density at radius 3 is 2.88 bits per heavy atom. The van der Waals surface area contributed by atoms with Crippen LogP contribution in [0, 0.1) is 12.7 Å². The number of ether oxygens (including phenoxy) is 1. The van der Waals surface area contributed by atoms with Gasteiger partial charge >= 0.3 is 0 Å². The molecule has 1 atom stereocenters. The second kappa shape index (κ2) is 4.72. The standard InChI is InChI=1S/C12H15BrFNO/c1-7-5-9(13)11(14)10(12(7)16-2)8-3-4-15-6-8/h5,8,15H,3-4,6H2,1-2H3. The van der Waals surface area contributed by atoms with Crippen LogP contribution in [-0.4, -0.2) is 20.2 Å². The van der Waals surface area contributed by atoms with Gasteiger partial charge in [-0.1, -0.05) is 0 Å². The first-order valence-corrected chi connectivity index (χ1v) is 6.17. The molecule has 1 saturated heterocycles. The molecule has 16 heavy (non-hydrogen) atoms. The summed E-state index contributed by atoms with van der Waals surface area (Å²) in [6, 6.07) is 1.76. The third kappa shape index (κ3) is 1.96. The summed E-state index contributed by atoms with van der Waals surface area (Å²) in [6.45, 7) is 3.71. The summed E-state index contributed by atoms with van der Waals surface area (Å²) in [5.41, 5.74) is 1.68. The third-order valence-corrected chi connectivity index (χ3v) is 3.64. The smallest absolute Gasteiger partial charge is 0.144 e. The molecule has 1 aliphatic heterocycles. The molecule has 1 fully saturated rings. The van der Waals surface area contributed by atoms with Gasteiger partial charge in [-0.25, -0.2) is 4.39 Å². The number of hydrogen-bond donors (Lipinski definition) is 1. The van der Waals surface area contributed by atoms with E-state index in [1.807, 2.05) is 6.92 Å². The van der Waals surface area contributed by atoms with E-state index in [0.29, 0.717) is 15.8 Å². The first kappa shape index (κ1) is 11.9. The van der Waals surface area contributed by atoms with Crippen molar-refractivity contribution >= 4 is 15.9 Å². The maximum absolute atomic E-state index is 14.1. The highest BCUT2D eigenvalue weighted by molar-refractivity contribution is 9.10. The van der Waals surface area contributed by atoms with Crippen LogP contribution in [0.4, 0.5) is 4.39 Å². The first-order valence-electron chi connectivity index (χ1n) is 5.38. The van der Waals surface area contributed by atoms with E-state index in [9.17, 15) is 4.39 Å². The molecule has 4 heteroatoms. The number of methoxy groups -OCH3 is 1. The summed E-state index contributed by atoms with van der Waals surface area (Å²) in [7, 11) is 1.60.